The van der Waals surface area contributed by atoms with Crippen molar-refractivity contribution in [3.8, 4) is 79.8 Å². The molecule has 21 rings (SSSR count). The van der Waals surface area contributed by atoms with Crippen molar-refractivity contribution in [2.45, 2.75) is 211 Å². The van der Waals surface area contributed by atoms with Gasteiger partial charge in [0.2, 0.25) is 0 Å². The van der Waals surface area contributed by atoms with Crippen LogP contribution in [0.15, 0.2) is 420 Å². The fourth-order valence-electron chi connectivity index (χ4n) is 19.6. The van der Waals surface area contributed by atoms with Crippen LogP contribution in [0.2, 0.25) is 0 Å². The van der Waals surface area contributed by atoms with E-state index >= 15 is 0 Å². The summed E-state index contributed by atoms with van der Waals surface area (Å²) in [5, 5.41) is 0. The van der Waals surface area contributed by atoms with Gasteiger partial charge < -0.3 is 4.74 Å². The van der Waals surface area contributed by atoms with E-state index < -0.39 is 5.97 Å². The maximum Gasteiger partial charge on any atom is 0.298 e. The minimum absolute atomic E-state index is 0. The van der Waals surface area contributed by atoms with E-state index in [-0.39, 0.29) is 52.9 Å². The molecule has 0 N–H and O–H groups in total. The standard InChI is InChI=1S/C20H13F.C18H26.C16H11FN2.C14H20.C14H10.C12H22.C12H16.C12H10.C10H8N2.C4H5O2.Y.6H2/c21-20-15-19(17-9-5-2-6-10-17)14-13-18(20)12-11-16-7-3-1-4-8-16;1-3-7-15(8-4-1)17-11-13-18(14-12-17)16-9-5-2-6-10-16;17-15-9-5-4-8-14(15)16-18-10-13(11-19-16)12-6-2-1-3-7-12;2*1-3-7-13(8-4-1)11-12-14-9-5-2-6-10-14;3*1-3-7-11(8-4-1)12-9-5-2-6-10-12;1-2-5-9(6-3-1)10-11-7-4-8-12-10;1-3-4(5)6-2;;;;;;;/h1-10,13-15H;1,3-4,7-8,16-18H,2,5-6,9-14H2;1-11H;1,3-4,7-8,14H,2,5-6,9-12H2;1-10H;11-12H,1-10H2;1,3-4,7-8,12H,2,5-6,9-10H2;1-10H;1-8H;3H,1-2H2;;6*1H/q;;;;;;;;;-1;;;;;;;. The number of rotatable bonds is 13. The van der Waals surface area contributed by atoms with Crippen molar-refractivity contribution in [3.05, 3.63) is 477 Å². The van der Waals surface area contributed by atoms with Gasteiger partial charge in [0, 0.05) is 99.9 Å². The average Bonchev–Trinajstić information content (AvgIpc) is 0.853. The third-order valence-corrected chi connectivity index (χ3v) is 27.4. The third kappa shape index (κ3) is 40.5. The zero-order chi connectivity index (χ0) is 97.0. The Labute approximate surface area is 876 Å². The van der Waals surface area contributed by atoms with Crippen molar-refractivity contribution in [3.63, 3.8) is 0 Å². The van der Waals surface area contributed by atoms with E-state index in [9.17, 15) is 13.6 Å². The number of carbonyl (C=O) groups is 1. The van der Waals surface area contributed by atoms with E-state index in [0.717, 1.165) is 97.8 Å². The molecule has 13 aromatic carbocycles. The minimum Gasteiger partial charge on any atom is -0.637 e. The van der Waals surface area contributed by atoms with Crippen LogP contribution in [0.1, 0.15) is 252 Å². The maximum atomic E-state index is 14.1. The van der Waals surface area contributed by atoms with Crippen LogP contribution >= 0.6 is 0 Å². The predicted molar refractivity (Wildman–Crippen MR) is 594 cm³/mol. The van der Waals surface area contributed by atoms with Crippen LogP contribution in [0.5, 0.6) is 0 Å². The van der Waals surface area contributed by atoms with E-state index in [1.54, 1.807) is 85.9 Å². The van der Waals surface area contributed by atoms with Gasteiger partial charge in [-0.05, 0) is 204 Å². The third-order valence-electron chi connectivity index (χ3n) is 27.4. The number of aryl methyl sites for hydroxylation is 1. The SMILES string of the molecule is C(#Cc1ccccc1)c1ccccc1.C1CCC(C2CCCCC2)CC1.C=CC(=O)O[CH2-].Fc1cc(-c2ccccc2)ccc1C#Cc1ccccc1.Fc1ccccc1-c1ncc(-c2ccccc2)cn1.[HH].[HH].[HH].[HH].[HH].[HH].[Y].c1ccc(-c2ccccc2)cc1.c1ccc(-c2ncccn2)cc1.c1ccc(C2CCC(C3CCCCC3)CC2)cc1.c1ccc(C2CCCCC2)cc1.c1ccc(CCC2CCCCC2)cc1. The van der Waals surface area contributed by atoms with Gasteiger partial charge in [0.15, 0.2) is 11.6 Å². The summed E-state index contributed by atoms with van der Waals surface area (Å²) >= 11 is 0. The topological polar surface area (TPSA) is 77.9 Å². The predicted octanol–water partition coefficient (Wildman–Crippen LogP) is 37.0. The number of aromatic nitrogens is 4. The van der Waals surface area contributed by atoms with Crippen molar-refractivity contribution in [1.82, 2.24) is 19.9 Å². The zero-order valence-electron chi connectivity index (χ0n) is 82.6. The quantitative estimate of drug-likeness (QED) is 0.0495. The molecule has 0 atom stereocenters. The first-order chi connectivity index (χ1) is 69.2. The van der Waals surface area contributed by atoms with Gasteiger partial charge in [0.1, 0.15) is 11.6 Å². The van der Waals surface area contributed by atoms with Gasteiger partial charge in [-0.3, -0.25) is 0 Å². The number of hydrogen-bond donors (Lipinski definition) is 0. The Kier molecular flexibility index (Phi) is 50.4. The Balaban J connectivity index is 0.000000289. The molecule has 1 radical (unpaired) electrons. The zero-order valence-corrected chi connectivity index (χ0v) is 85.4. The molecule has 6 fully saturated rings. The molecule has 141 heavy (non-hydrogen) atoms. The summed E-state index contributed by atoms with van der Waals surface area (Å²) in [6.45, 7) is 3.12. The van der Waals surface area contributed by atoms with Gasteiger partial charge in [-0.2, -0.15) is 7.11 Å². The molecule has 0 saturated heterocycles. The number of carbonyl (C=O) groups excluding carboxylic acids is 1. The molecule has 6 aliphatic carbocycles. The van der Waals surface area contributed by atoms with Gasteiger partial charge >= 0.3 is 0 Å². The van der Waals surface area contributed by atoms with Gasteiger partial charge in [-0.1, -0.05) is 493 Å². The summed E-state index contributed by atoms with van der Waals surface area (Å²) in [5.74, 6) is 19.3. The fourth-order valence-corrected chi connectivity index (χ4v) is 19.6. The monoisotopic (exact) mass is 1950 g/mol. The molecule has 15 aromatic rings. The Bertz CT molecular complexity index is 5790. The molecule has 6 saturated carbocycles. The van der Waals surface area contributed by atoms with Crippen LogP contribution in [0.3, 0.4) is 0 Å². The number of hydrogen-bond acceptors (Lipinski definition) is 6. The Hall–Kier alpha value is -12.7. The van der Waals surface area contributed by atoms with Crippen molar-refractivity contribution in [2.75, 3.05) is 0 Å². The van der Waals surface area contributed by atoms with Crippen molar-refractivity contribution in [2.24, 2.45) is 29.6 Å². The second-order valence-electron chi connectivity index (χ2n) is 37.1. The van der Waals surface area contributed by atoms with E-state index in [0.29, 0.717) is 17.0 Å². The minimum atomic E-state index is -0.505. The molecular formula is C132H153F2N4O2Y-. The molecule has 731 valence electrons. The van der Waals surface area contributed by atoms with Crippen molar-refractivity contribution < 1.29 is 59.6 Å². The summed E-state index contributed by atoms with van der Waals surface area (Å²) in [6, 6.07) is 126. The first-order valence-corrected chi connectivity index (χ1v) is 51.5. The summed E-state index contributed by atoms with van der Waals surface area (Å²) in [4.78, 5) is 26.5. The van der Waals surface area contributed by atoms with Crippen molar-refractivity contribution >= 4 is 5.97 Å². The molecule has 2 heterocycles. The number of ether oxygens (including phenoxy) is 1. The first kappa shape index (κ1) is 109. The summed E-state index contributed by atoms with van der Waals surface area (Å²) in [7, 11) is 2.84. The number of nitrogens with zero attached hydrogens (tertiary/aromatic N) is 4. The number of halogens is 2. The molecule has 0 unspecified atom stereocenters. The second kappa shape index (κ2) is 65.3. The van der Waals surface area contributed by atoms with Crippen LogP contribution in [0.4, 0.5) is 8.78 Å². The van der Waals surface area contributed by atoms with Crippen LogP contribution in [0.25, 0.3) is 56.2 Å². The molecule has 0 amide bonds. The Morgan fingerprint density at radius 3 is 1.03 bits per heavy atom. The number of benzene rings is 13. The van der Waals surface area contributed by atoms with E-state index in [4.69, 9.17) is 0 Å². The molecule has 6 aliphatic rings. The summed E-state index contributed by atoms with van der Waals surface area (Å²) in [6.07, 6.45) is 54.0. The van der Waals surface area contributed by atoms with Gasteiger partial charge in [-0.25, -0.2) is 33.5 Å². The molecule has 0 bridgehead atoms. The smallest absolute Gasteiger partial charge is 0.298 e. The molecule has 0 spiro atoms. The van der Waals surface area contributed by atoms with E-state index in [2.05, 4.69) is 202 Å². The molecule has 9 heteroatoms. The van der Waals surface area contributed by atoms with Gasteiger partial charge in [0.25, 0.3) is 5.97 Å². The van der Waals surface area contributed by atoms with Gasteiger partial charge in [0.05, 0.1) is 11.1 Å². The van der Waals surface area contributed by atoms with Crippen LogP contribution in [-0.2, 0) is 48.7 Å². The number of esters is 1. The Morgan fingerprint density at radius 1 is 0.319 bits per heavy atom. The second-order valence-corrected chi connectivity index (χ2v) is 37.1. The molecule has 6 nitrogen and oxygen atoms in total. The van der Waals surface area contributed by atoms with Crippen LogP contribution < -0.4 is 0 Å². The summed E-state index contributed by atoms with van der Waals surface area (Å²) < 4.78 is 31.6. The normalized spacial score (nSPS) is 15.5. The average molecular weight is 1950 g/mol. The maximum absolute atomic E-state index is 14.1. The first-order valence-electron chi connectivity index (χ1n) is 51.5. The van der Waals surface area contributed by atoms with Crippen LogP contribution in [-0.4, -0.2) is 25.9 Å². The molecule has 2 aromatic heterocycles. The van der Waals surface area contributed by atoms with Crippen LogP contribution in [0, 0.1) is 72.0 Å². The molecule has 0 aliphatic heterocycles. The molecular weight excluding hydrogens is 1800 g/mol. The van der Waals surface area contributed by atoms with Gasteiger partial charge in [-0.15, -0.1) is 0 Å². The summed E-state index contributed by atoms with van der Waals surface area (Å²) in [5.41, 5.74) is 15.9. The van der Waals surface area contributed by atoms with E-state index in [1.165, 1.54) is 202 Å². The Morgan fingerprint density at radius 2 is 0.645 bits per heavy atom. The largest absolute Gasteiger partial charge is 0.637 e. The van der Waals surface area contributed by atoms with Crippen molar-refractivity contribution in [1.29, 1.82) is 0 Å². The fraction of sp³-hybridized carbons (Fsp3) is 0.288. The van der Waals surface area contributed by atoms with E-state index in [1.807, 2.05) is 206 Å².